The molecule has 0 radical (unpaired) electrons. The Morgan fingerprint density at radius 1 is 1.33 bits per heavy atom. The van der Waals surface area contributed by atoms with E-state index >= 15 is 0 Å². The van der Waals surface area contributed by atoms with Crippen LogP contribution in [0.2, 0.25) is 0 Å². The molecule has 0 heteroatoms. The minimum atomic E-state index is 0.832. The fraction of sp³-hybridized carbons (Fsp3) is 0.400. The van der Waals surface area contributed by atoms with Crippen LogP contribution in [0.3, 0.4) is 0 Å². The first kappa shape index (κ1) is 11.8. The van der Waals surface area contributed by atoms with E-state index in [0.29, 0.717) is 0 Å². The summed E-state index contributed by atoms with van der Waals surface area (Å²) in [6.07, 6.45) is 4.66. The van der Waals surface area contributed by atoms with Crippen LogP contribution in [0.1, 0.15) is 49.3 Å². The Morgan fingerprint density at radius 2 is 2.00 bits per heavy atom. The highest BCUT2D eigenvalue weighted by Gasteiger charge is 2.24. The third kappa shape index (κ3) is 3.11. The number of hydrogen-bond donors (Lipinski definition) is 0. The van der Waals surface area contributed by atoms with E-state index in [2.05, 4.69) is 37.4 Å². The predicted octanol–water partition coefficient (Wildman–Crippen LogP) is 4.70. The van der Waals surface area contributed by atoms with Crippen LogP contribution in [0, 0.1) is 6.92 Å². The smallest absolute Gasteiger partial charge is 0.0133 e. The molecule has 0 aromatic heterocycles. The van der Waals surface area contributed by atoms with Crippen LogP contribution >= 0.6 is 0 Å². The lowest BCUT2D eigenvalue weighted by atomic mass is 10.0. The van der Waals surface area contributed by atoms with E-state index in [4.69, 9.17) is 0 Å². The molecule has 0 aliphatic heterocycles. The van der Waals surface area contributed by atoms with Crippen molar-refractivity contribution in [3.63, 3.8) is 0 Å². The Morgan fingerprint density at radius 3 is 2.53 bits per heavy atom. The Balaban J connectivity index is 0.000000531. The maximum absolute atomic E-state index is 3.59. The van der Waals surface area contributed by atoms with Crippen LogP contribution in [0.15, 0.2) is 30.5 Å². The molecule has 0 atom stereocenters. The highest BCUT2D eigenvalue weighted by atomic mass is 14.3. The van der Waals surface area contributed by atoms with Crippen LogP contribution in [0.4, 0.5) is 0 Å². The lowest BCUT2D eigenvalue weighted by molar-refractivity contribution is 1.10. The third-order valence-electron chi connectivity index (χ3n) is 2.59. The molecule has 0 heterocycles. The van der Waals surface area contributed by atoms with E-state index in [9.17, 15) is 0 Å². The molecule has 1 aromatic rings. The Labute approximate surface area is 93.3 Å². The number of hydrogen-bond acceptors (Lipinski definition) is 0. The molecule has 1 aliphatic rings. The quantitative estimate of drug-likeness (QED) is 0.607. The van der Waals surface area contributed by atoms with Crippen molar-refractivity contribution in [3.8, 4) is 0 Å². The summed E-state index contributed by atoms with van der Waals surface area (Å²) >= 11 is 0. The highest BCUT2D eigenvalue weighted by Crippen LogP contribution is 2.41. The lowest BCUT2D eigenvalue weighted by Crippen LogP contribution is -1.86. The van der Waals surface area contributed by atoms with Crippen molar-refractivity contribution in [1.29, 1.82) is 0 Å². The van der Waals surface area contributed by atoms with Crippen LogP contribution < -0.4 is 0 Å². The van der Waals surface area contributed by atoms with Crippen LogP contribution in [-0.2, 0) is 0 Å². The predicted molar refractivity (Wildman–Crippen MR) is 68.1 cm³/mol. The summed E-state index contributed by atoms with van der Waals surface area (Å²) in [4.78, 5) is 0. The highest BCUT2D eigenvalue weighted by molar-refractivity contribution is 5.52. The van der Waals surface area contributed by atoms with Gasteiger partial charge in [-0.15, -0.1) is 5.73 Å². The summed E-state index contributed by atoms with van der Waals surface area (Å²) in [5, 5.41) is 0. The summed E-state index contributed by atoms with van der Waals surface area (Å²) in [7, 11) is 0. The Kier molecular flexibility index (Phi) is 4.39. The largest absolute Gasteiger partial charge is 0.128 e. The van der Waals surface area contributed by atoms with Gasteiger partial charge in [-0.2, -0.15) is 0 Å². The second kappa shape index (κ2) is 5.58. The SMILES string of the molecule is C=C=Cc1ccc(C)c(C2CC2)c1.CC. The zero-order valence-corrected chi connectivity index (χ0v) is 10.0. The van der Waals surface area contributed by atoms with E-state index in [-0.39, 0.29) is 0 Å². The summed E-state index contributed by atoms with van der Waals surface area (Å²) in [6, 6.07) is 6.58. The molecule has 0 spiro atoms. The minimum Gasteiger partial charge on any atom is -0.128 e. The van der Waals surface area contributed by atoms with Gasteiger partial charge < -0.3 is 0 Å². The molecule has 2 rings (SSSR count). The third-order valence-corrected chi connectivity index (χ3v) is 2.59. The van der Waals surface area contributed by atoms with Crippen LogP contribution in [0.25, 0.3) is 6.08 Å². The van der Waals surface area contributed by atoms with E-state index in [1.54, 1.807) is 0 Å². The van der Waals surface area contributed by atoms with Gasteiger partial charge in [-0.25, -0.2) is 0 Å². The summed E-state index contributed by atoms with van der Waals surface area (Å²) in [6.45, 7) is 9.78. The van der Waals surface area contributed by atoms with Gasteiger partial charge in [-0.1, -0.05) is 38.6 Å². The first-order chi connectivity index (χ1) is 7.31. The van der Waals surface area contributed by atoms with Crippen LogP contribution in [0.5, 0.6) is 0 Å². The zero-order valence-electron chi connectivity index (χ0n) is 10.0. The van der Waals surface area contributed by atoms with Gasteiger partial charge in [-0.3, -0.25) is 0 Å². The standard InChI is InChI=1S/C13H14.C2H6/c1-3-4-11-6-5-10(2)13(9-11)12-7-8-12;1-2/h4-6,9,12H,1,7-8H2,2H3;1-2H3. The molecule has 0 saturated heterocycles. The molecule has 15 heavy (non-hydrogen) atoms. The monoisotopic (exact) mass is 200 g/mol. The van der Waals surface area contributed by atoms with Gasteiger partial charge >= 0.3 is 0 Å². The summed E-state index contributed by atoms with van der Waals surface area (Å²) in [5.41, 5.74) is 6.98. The zero-order chi connectivity index (χ0) is 11.3. The molecule has 0 N–H and O–H groups in total. The molecule has 1 aromatic carbocycles. The molecule has 80 valence electrons. The van der Waals surface area contributed by atoms with Crippen molar-refractivity contribution in [2.24, 2.45) is 0 Å². The van der Waals surface area contributed by atoms with Crippen molar-refractivity contribution in [2.75, 3.05) is 0 Å². The van der Waals surface area contributed by atoms with Crippen molar-refractivity contribution in [3.05, 3.63) is 47.2 Å². The molecular weight excluding hydrogens is 180 g/mol. The van der Waals surface area contributed by atoms with Crippen molar-refractivity contribution >= 4 is 6.08 Å². The molecule has 0 nitrogen and oxygen atoms in total. The molecule has 0 bridgehead atoms. The van der Waals surface area contributed by atoms with Gasteiger partial charge in [0.2, 0.25) is 0 Å². The maximum atomic E-state index is 3.59. The van der Waals surface area contributed by atoms with Gasteiger partial charge in [0.05, 0.1) is 0 Å². The normalized spacial score (nSPS) is 13.5. The van der Waals surface area contributed by atoms with Crippen molar-refractivity contribution < 1.29 is 0 Å². The molecule has 1 saturated carbocycles. The Hall–Kier alpha value is -1.26. The molecule has 1 fully saturated rings. The van der Waals surface area contributed by atoms with Gasteiger partial charge in [-0.05, 0) is 48.4 Å². The number of rotatable bonds is 2. The second-order valence-electron chi connectivity index (χ2n) is 3.74. The first-order valence-corrected chi connectivity index (χ1v) is 5.77. The summed E-state index contributed by atoms with van der Waals surface area (Å²) < 4.78 is 0. The van der Waals surface area contributed by atoms with Crippen molar-refractivity contribution in [1.82, 2.24) is 0 Å². The van der Waals surface area contributed by atoms with Gasteiger partial charge in [0, 0.05) is 0 Å². The number of aryl methyl sites for hydroxylation is 1. The van der Waals surface area contributed by atoms with E-state index < -0.39 is 0 Å². The van der Waals surface area contributed by atoms with Gasteiger partial charge in [0.25, 0.3) is 0 Å². The number of benzene rings is 1. The first-order valence-electron chi connectivity index (χ1n) is 5.77. The minimum absolute atomic E-state index is 0.832. The molecular formula is C15H20. The van der Waals surface area contributed by atoms with E-state index in [0.717, 1.165) is 5.92 Å². The van der Waals surface area contributed by atoms with Gasteiger partial charge in [0.15, 0.2) is 0 Å². The van der Waals surface area contributed by atoms with Crippen molar-refractivity contribution in [2.45, 2.75) is 39.5 Å². The average molecular weight is 200 g/mol. The maximum Gasteiger partial charge on any atom is -0.0133 e. The summed E-state index contributed by atoms with van der Waals surface area (Å²) in [5.74, 6) is 0.832. The van der Waals surface area contributed by atoms with E-state index in [1.165, 1.54) is 29.5 Å². The average Bonchev–Trinajstić information content (AvgIpc) is 3.08. The van der Waals surface area contributed by atoms with Gasteiger partial charge in [0.1, 0.15) is 0 Å². The lowest BCUT2D eigenvalue weighted by Gasteiger charge is -2.04. The van der Waals surface area contributed by atoms with E-state index in [1.807, 2.05) is 19.9 Å². The van der Waals surface area contributed by atoms with Crippen LogP contribution in [-0.4, -0.2) is 0 Å². The molecule has 0 unspecified atom stereocenters. The topological polar surface area (TPSA) is 0 Å². The molecule has 0 amide bonds. The fourth-order valence-corrected chi connectivity index (χ4v) is 1.70. The fourth-order valence-electron chi connectivity index (χ4n) is 1.70. The Bertz CT molecular complexity index is 364. The molecule has 1 aliphatic carbocycles. The second-order valence-corrected chi connectivity index (χ2v) is 3.74.